The fraction of sp³-hybridized carbons (Fsp3) is 0.550. The van der Waals surface area contributed by atoms with Gasteiger partial charge in [-0.15, -0.1) is 0 Å². The molecule has 1 saturated heterocycles. The third-order valence-corrected chi connectivity index (χ3v) is 5.04. The monoisotopic (exact) mass is 342 g/mol. The topological polar surface area (TPSA) is 44.4 Å². The molecule has 0 bridgehead atoms. The van der Waals surface area contributed by atoms with Crippen molar-refractivity contribution < 1.29 is 4.74 Å². The predicted octanol–water partition coefficient (Wildman–Crippen LogP) is 2.80. The number of aromatic amines is 1. The van der Waals surface area contributed by atoms with E-state index < -0.39 is 0 Å². The van der Waals surface area contributed by atoms with Crippen molar-refractivity contribution in [3.63, 3.8) is 0 Å². The number of piperidine rings is 1. The van der Waals surface area contributed by atoms with Crippen LogP contribution in [0.5, 0.6) is 5.75 Å². The Bertz CT molecular complexity index is 611. The fourth-order valence-electron chi connectivity index (χ4n) is 3.75. The third-order valence-electron chi connectivity index (χ3n) is 5.04. The first kappa shape index (κ1) is 18.0. The third kappa shape index (κ3) is 5.58. The van der Waals surface area contributed by atoms with Gasteiger partial charge >= 0.3 is 0 Å². The van der Waals surface area contributed by atoms with Crippen LogP contribution in [0.4, 0.5) is 0 Å². The van der Waals surface area contributed by atoms with Crippen molar-refractivity contribution in [3.05, 3.63) is 48.0 Å². The van der Waals surface area contributed by atoms with Crippen molar-refractivity contribution in [3.8, 4) is 5.75 Å². The van der Waals surface area contributed by atoms with E-state index in [-0.39, 0.29) is 0 Å². The molecular formula is C20H30N4O. The van der Waals surface area contributed by atoms with Crippen LogP contribution in [0.3, 0.4) is 0 Å². The number of hydrogen-bond acceptors (Lipinski definition) is 4. The Morgan fingerprint density at radius 2 is 2.16 bits per heavy atom. The normalized spacial score (nSPS) is 18.6. The largest absolute Gasteiger partial charge is 0.497 e. The fourth-order valence-corrected chi connectivity index (χ4v) is 3.75. The maximum absolute atomic E-state index is 5.23. The first-order chi connectivity index (χ1) is 12.2. The van der Waals surface area contributed by atoms with E-state index in [9.17, 15) is 0 Å². The maximum Gasteiger partial charge on any atom is 0.118 e. The van der Waals surface area contributed by atoms with E-state index >= 15 is 0 Å². The van der Waals surface area contributed by atoms with Crippen LogP contribution in [0.15, 0.2) is 36.8 Å². The summed E-state index contributed by atoms with van der Waals surface area (Å²) < 4.78 is 5.23. The number of rotatable bonds is 8. The van der Waals surface area contributed by atoms with Gasteiger partial charge in [-0.05, 0) is 56.5 Å². The van der Waals surface area contributed by atoms with E-state index in [2.05, 4.69) is 51.1 Å². The second-order valence-electron chi connectivity index (χ2n) is 7.18. The highest BCUT2D eigenvalue weighted by Gasteiger charge is 2.21. The number of likely N-dealkylation sites (tertiary alicyclic amines) is 1. The lowest BCUT2D eigenvalue weighted by atomic mass is 9.97. The summed E-state index contributed by atoms with van der Waals surface area (Å²) in [6, 6.07) is 8.47. The molecule has 1 aromatic carbocycles. The molecule has 0 spiro atoms. The summed E-state index contributed by atoms with van der Waals surface area (Å²) in [5, 5.41) is 0. The van der Waals surface area contributed by atoms with E-state index in [0.29, 0.717) is 0 Å². The standard InChI is InChI=1S/C20H30N4O/c1-23(15-19-12-21-16-22-19)13-18-4-3-10-24(14-18)11-9-17-5-7-20(25-2)8-6-17/h5-8,12,16,18H,3-4,9-11,13-15H2,1-2H3,(H,21,22)/t18-/m0/s1. The highest BCUT2D eigenvalue weighted by atomic mass is 16.5. The molecule has 136 valence electrons. The Balaban J connectivity index is 1.42. The predicted molar refractivity (Wildman–Crippen MR) is 101 cm³/mol. The van der Waals surface area contributed by atoms with Gasteiger partial charge in [-0.1, -0.05) is 12.1 Å². The molecule has 1 atom stereocenters. The highest BCUT2D eigenvalue weighted by Crippen LogP contribution is 2.19. The Hall–Kier alpha value is -1.85. The Labute approximate surface area is 151 Å². The summed E-state index contributed by atoms with van der Waals surface area (Å²) in [7, 11) is 3.92. The lowest BCUT2D eigenvalue weighted by molar-refractivity contribution is 0.142. The van der Waals surface area contributed by atoms with Crippen LogP contribution in [0.2, 0.25) is 0 Å². The second-order valence-corrected chi connectivity index (χ2v) is 7.18. The van der Waals surface area contributed by atoms with Crippen LogP contribution in [0.1, 0.15) is 24.1 Å². The first-order valence-corrected chi connectivity index (χ1v) is 9.24. The number of methoxy groups -OCH3 is 1. The molecule has 5 heteroatoms. The molecule has 0 aliphatic carbocycles. The van der Waals surface area contributed by atoms with Gasteiger partial charge in [-0.25, -0.2) is 4.98 Å². The molecule has 1 aliphatic rings. The van der Waals surface area contributed by atoms with Crippen molar-refractivity contribution in [2.45, 2.75) is 25.8 Å². The van der Waals surface area contributed by atoms with Gasteiger partial charge in [0.15, 0.2) is 0 Å². The minimum Gasteiger partial charge on any atom is -0.497 e. The van der Waals surface area contributed by atoms with Crippen LogP contribution < -0.4 is 4.74 Å². The molecule has 1 N–H and O–H groups in total. The number of H-pyrrole nitrogens is 1. The average Bonchev–Trinajstić information content (AvgIpc) is 3.13. The van der Waals surface area contributed by atoms with Gasteiger partial charge < -0.3 is 19.5 Å². The van der Waals surface area contributed by atoms with E-state index in [1.807, 2.05) is 6.20 Å². The Morgan fingerprint density at radius 1 is 1.32 bits per heavy atom. The molecule has 1 aliphatic heterocycles. The Morgan fingerprint density at radius 3 is 2.88 bits per heavy atom. The zero-order valence-electron chi connectivity index (χ0n) is 15.4. The molecule has 0 radical (unpaired) electrons. The van der Waals surface area contributed by atoms with Crippen molar-refractivity contribution in [2.24, 2.45) is 5.92 Å². The number of benzene rings is 1. The number of nitrogens with zero attached hydrogens (tertiary/aromatic N) is 3. The summed E-state index contributed by atoms with van der Waals surface area (Å²) in [4.78, 5) is 12.3. The molecule has 0 amide bonds. The van der Waals surface area contributed by atoms with Gasteiger partial charge in [0.25, 0.3) is 0 Å². The van der Waals surface area contributed by atoms with Crippen LogP contribution in [0.25, 0.3) is 0 Å². The number of ether oxygens (including phenoxy) is 1. The molecule has 5 nitrogen and oxygen atoms in total. The van der Waals surface area contributed by atoms with E-state index in [1.54, 1.807) is 13.4 Å². The minimum absolute atomic E-state index is 0.762. The molecule has 1 aromatic heterocycles. The molecule has 0 saturated carbocycles. The van der Waals surface area contributed by atoms with E-state index in [4.69, 9.17) is 4.74 Å². The highest BCUT2D eigenvalue weighted by molar-refractivity contribution is 5.27. The molecule has 3 rings (SSSR count). The molecule has 2 aromatic rings. The number of aromatic nitrogens is 2. The lowest BCUT2D eigenvalue weighted by Crippen LogP contribution is -2.40. The van der Waals surface area contributed by atoms with Crippen molar-refractivity contribution in [2.75, 3.05) is 40.3 Å². The second kappa shape index (κ2) is 9.02. The molecule has 2 heterocycles. The SMILES string of the molecule is COc1ccc(CCN2CCC[C@@H](CN(C)Cc3cnc[nH]3)C2)cc1. The van der Waals surface area contributed by atoms with Gasteiger partial charge in [0, 0.05) is 38.1 Å². The number of nitrogens with one attached hydrogen (secondary N) is 1. The van der Waals surface area contributed by atoms with Crippen LogP contribution in [-0.2, 0) is 13.0 Å². The van der Waals surface area contributed by atoms with Crippen LogP contribution in [0, 0.1) is 5.92 Å². The van der Waals surface area contributed by atoms with Crippen molar-refractivity contribution in [1.29, 1.82) is 0 Å². The van der Waals surface area contributed by atoms with E-state index in [0.717, 1.165) is 37.7 Å². The Kier molecular flexibility index (Phi) is 6.48. The van der Waals surface area contributed by atoms with Crippen molar-refractivity contribution in [1.82, 2.24) is 19.8 Å². The van der Waals surface area contributed by atoms with Crippen LogP contribution in [-0.4, -0.2) is 60.1 Å². The van der Waals surface area contributed by atoms with E-state index in [1.165, 1.54) is 37.2 Å². The van der Waals surface area contributed by atoms with Gasteiger partial charge in [0.2, 0.25) is 0 Å². The first-order valence-electron chi connectivity index (χ1n) is 9.24. The zero-order valence-corrected chi connectivity index (χ0v) is 15.4. The molecular weight excluding hydrogens is 312 g/mol. The molecule has 1 fully saturated rings. The lowest BCUT2D eigenvalue weighted by Gasteiger charge is -2.34. The summed E-state index contributed by atoms with van der Waals surface area (Å²) in [5.41, 5.74) is 2.58. The number of imidazole rings is 1. The molecule has 0 unspecified atom stereocenters. The number of hydrogen-bond donors (Lipinski definition) is 1. The summed E-state index contributed by atoms with van der Waals surface area (Å²) in [5.74, 6) is 1.69. The quantitative estimate of drug-likeness (QED) is 0.801. The summed E-state index contributed by atoms with van der Waals surface area (Å²) >= 11 is 0. The minimum atomic E-state index is 0.762. The maximum atomic E-state index is 5.23. The smallest absolute Gasteiger partial charge is 0.118 e. The van der Waals surface area contributed by atoms with Crippen LogP contribution >= 0.6 is 0 Å². The average molecular weight is 342 g/mol. The van der Waals surface area contributed by atoms with Gasteiger partial charge in [-0.3, -0.25) is 0 Å². The van der Waals surface area contributed by atoms with Crippen molar-refractivity contribution >= 4 is 0 Å². The van der Waals surface area contributed by atoms with Gasteiger partial charge in [0.1, 0.15) is 5.75 Å². The summed E-state index contributed by atoms with van der Waals surface area (Å²) in [6.07, 6.45) is 7.43. The van der Waals surface area contributed by atoms with Gasteiger partial charge in [0.05, 0.1) is 13.4 Å². The zero-order chi connectivity index (χ0) is 17.5. The van der Waals surface area contributed by atoms with Gasteiger partial charge in [-0.2, -0.15) is 0 Å². The summed E-state index contributed by atoms with van der Waals surface area (Å²) in [6.45, 7) is 5.69. The molecule has 25 heavy (non-hydrogen) atoms.